The van der Waals surface area contributed by atoms with E-state index in [1.54, 1.807) is 0 Å². The molecule has 0 aliphatic heterocycles. The highest BCUT2D eigenvalue weighted by Crippen LogP contribution is 2.60. The molecule has 0 unspecified atom stereocenters. The van der Waals surface area contributed by atoms with Gasteiger partial charge in [0.25, 0.3) is 8.32 Å². The van der Waals surface area contributed by atoms with Crippen molar-refractivity contribution >= 4 is 18.7 Å². The van der Waals surface area contributed by atoms with E-state index in [1.807, 2.05) is 12.1 Å². The van der Waals surface area contributed by atoms with Crippen molar-refractivity contribution in [2.24, 2.45) is 34.5 Å². The van der Waals surface area contributed by atoms with Crippen molar-refractivity contribution in [2.45, 2.75) is 92.5 Å². The van der Waals surface area contributed by atoms with Crippen LogP contribution >= 0.6 is 0 Å². The monoisotopic (exact) mass is 508 g/mol. The average Bonchev–Trinajstić information content (AvgIpc) is 3.10. The van der Waals surface area contributed by atoms with Crippen molar-refractivity contribution in [2.75, 3.05) is 6.61 Å². The van der Waals surface area contributed by atoms with Crippen LogP contribution < -0.4 is 10.4 Å². The fourth-order valence-electron chi connectivity index (χ4n) is 7.39. The predicted octanol–water partition coefficient (Wildman–Crippen LogP) is 7.03. The zero-order valence-electron chi connectivity index (χ0n) is 24.2. The maximum atomic E-state index is 12.6. The second kappa shape index (κ2) is 11.1. The lowest BCUT2D eigenvalue weighted by molar-refractivity contribution is 0.00861. The summed E-state index contributed by atoms with van der Waals surface area (Å²) in [7, 11) is -3.00. The Bertz CT molecular complexity index is 913. The van der Waals surface area contributed by atoms with Crippen LogP contribution in [-0.2, 0) is 0 Å². The molecule has 36 heavy (non-hydrogen) atoms. The molecular weight excluding hydrogens is 456 g/mol. The van der Waals surface area contributed by atoms with E-state index in [1.165, 1.54) is 19.3 Å². The van der Waals surface area contributed by atoms with Gasteiger partial charge in [-0.05, 0) is 82.0 Å². The summed E-state index contributed by atoms with van der Waals surface area (Å²) in [6, 6.07) is 20.9. The van der Waals surface area contributed by atoms with Crippen molar-refractivity contribution in [3.8, 4) is 0 Å². The third kappa shape index (κ3) is 5.26. The highest BCUT2D eigenvalue weighted by molar-refractivity contribution is 6.98. The molecule has 0 aromatic heterocycles. The van der Waals surface area contributed by atoms with Crippen LogP contribution in [0.15, 0.2) is 60.7 Å². The van der Waals surface area contributed by atoms with Crippen LogP contribution in [0, 0.1) is 34.5 Å². The molecule has 2 nitrogen and oxygen atoms in total. The Hall–Kier alpha value is -1.42. The predicted molar refractivity (Wildman–Crippen MR) is 157 cm³/mol. The van der Waals surface area contributed by atoms with E-state index in [0.717, 1.165) is 23.2 Å². The summed E-state index contributed by atoms with van der Waals surface area (Å²) in [6.45, 7) is 19.3. The van der Waals surface area contributed by atoms with Gasteiger partial charge in [-0.25, -0.2) is 0 Å². The summed E-state index contributed by atoms with van der Waals surface area (Å²) in [4.78, 5) is 12.6. The second-order valence-corrected chi connectivity index (χ2v) is 17.5. The minimum absolute atomic E-state index is 0.154. The third-order valence-electron chi connectivity index (χ3n) is 10.9. The molecule has 1 saturated carbocycles. The first-order valence-electron chi connectivity index (χ1n) is 14.3. The second-order valence-electron chi connectivity index (χ2n) is 13.6. The zero-order valence-corrected chi connectivity index (χ0v) is 25.2. The molecule has 0 heterocycles. The summed E-state index contributed by atoms with van der Waals surface area (Å²) in [6.07, 6.45) is 5.75. The van der Waals surface area contributed by atoms with E-state index in [0.29, 0.717) is 30.3 Å². The van der Waals surface area contributed by atoms with E-state index in [4.69, 9.17) is 0 Å². The lowest BCUT2D eigenvalue weighted by Crippen LogP contribution is -2.65. The standard InChI is InChI=1S/C33H52O2Si/c1-25(2)27(20-19-26(3)33(8)22-21-28(24-34)32(33,6)7)23-31(4,5)36(35,29-15-11-9-12-16-29)30-17-13-10-14-18-30/h9-18,25-28,34-35H,19-24H2,1-8H3/t26-,27-,28-,33+/m0/s1. The van der Waals surface area contributed by atoms with Crippen molar-refractivity contribution in [1.82, 2.24) is 0 Å². The van der Waals surface area contributed by atoms with Gasteiger partial charge in [-0.3, -0.25) is 0 Å². The molecule has 2 aromatic carbocycles. The Morgan fingerprint density at radius 3 is 1.81 bits per heavy atom. The highest BCUT2D eigenvalue weighted by Gasteiger charge is 2.54. The van der Waals surface area contributed by atoms with Crippen molar-refractivity contribution in [3.05, 3.63) is 60.7 Å². The maximum Gasteiger partial charge on any atom is 0.258 e. The number of aliphatic hydroxyl groups excluding tert-OH is 1. The molecule has 0 bridgehead atoms. The number of hydrogen-bond donors (Lipinski definition) is 2. The topological polar surface area (TPSA) is 40.5 Å². The molecule has 0 saturated heterocycles. The van der Waals surface area contributed by atoms with Gasteiger partial charge in [0, 0.05) is 6.61 Å². The molecule has 1 fully saturated rings. The summed E-state index contributed by atoms with van der Waals surface area (Å²) in [5, 5.41) is 12.0. The fraction of sp³-hybridized carbons (Fsp3) is 0.636. The van der Waals surface area contributed by atoms with Crippen LogP contribution in [0.2, 0.25) is 5.04 Å². The highest BCUT2D eigenvalue weighted by atomic mass is 28.4. The summed E-state index contributed by atoms with van der Waals surface area (Å²) < 4.78 is 0. The van der Waals surface area contributed by atoms with Gasteiger partial charge in [-0.2, -0.15) is 0 Å². The van der Waals surface area contributed by atoms with E-state index in [2.05, 4.69) is 104 Å². The minimum atomic E-state index is -3.00. The molecule has 2 N–H and O–H groups in total. The van der Waals surface area contributed by atoms with E-state index >= 15 is 0 Å². The first kappa shape index (κ1) is 29.1. The van der Waals surface area contributed by atoms with Crippen LogP contribution in [0.25, 0.3) is 0 Å². The lowest BCUT2D eigenvalue weighted by atomic mass is 9.59. The molecule has 3 rings (SSSR count). The molecule has 3 heteroatoms. The van der Waals surface area contributed by atoms with Crippen molar-refractivity contribution in [1.29, 1.82) is 0 Å². The molecule has 1 aliphatic carbocycles. The van der Waals surface area contributed by atoms with E-state index in [-0.39, 0.29) is 15.9 Å². The Balaban J connectivity index is 1.84. The van der Waals surface area contributed by atoms with Gasteiger partial charge in [-0.15, -0.1) is 0 Å². The van der Waals surface area contributed by atoms with Crippen LogP contribution in [0.5, 0.6) is 0 Å². The Kier molecular flexibility index (Phi) is 9.01. The zero-order chi connectivity index (χ0) is 26.8. The van der Waals surface area contributed by atoms with Crippen molar-refractivity contribution < 1.29 is 9.90 Å². The average molecular weight is 509 g/mol. The molecule has 1 aliphatic rings. The molecule has 200 valence electrons. The van der Waals surface area contributed by atoms with Gasteiger partial charge in [0.2, 0.25) is 0 Å². The van der Waals surface area contributed by atoms with Gasteiger partial charge >= 0.3 is 0 Å². The van der Waals surface area contributed by atoms with Crippen LogP contribution in [0.4, 0.5) is 0 Å². The number of hydrogen-bond acceptors (Lipinski definition) is 2. The normalized spacial score (nSPS) is 24.1. The smallest absolute Gasteiger partial charge is 0.258 e. The number of benzene rings is 2. The molecular formula is C33H52O2Si. The van der Waals surface area contributed by atoms with E-state index in [9.17, 15) is 9.90 Å². The van der Waals surface area contributed by atoms with Gasteiger partial charge in [0.1, 0.15) is 0 Å². The van der Waals surface area contributed by atoms with Gasteiger partial charge < -0.3 is 9.90 Å². The van der Waals surface area contributed by atoms with E-state index < -0.39 is 8.32 Å². The lowest BCUT2D eigenvalue weighted by Gasteiger charge is -2.47. The molecule has 4 atom stereocenters. The quantitative estimate of drug-likeness (QED) is 0.320. The Morgan fingerprint density at radius 2 is 1.39 bits per heavy atom. The molecule has 0 spiro atoms. The summed E-state index contributed by atoms with van der Waals surface area (Å²) in [5.41, 5.74) is 0.405. The molecule has 2 aromatic rings. The number of rotatable bonds is 11. The third-order valence-corrected chi connectivity index (χ3v) is 15.4. The van der Waals surface area contributed by atoms with Gasteiger partial charge in [0.15, 0.2) is 0 Å². The Morgan fingerprint density at radius 1 is 0.889 bits per heavy atom. The fourth-order valence-corrected chi connectivity index (χ4v) is 11.2. The first-order valence-corrected chi connectivity index (χ1v) is 16.2. The largest absolute Gasteiger partial charge is 0.424 e. The number of aliphatic hydroxyl groups is 1. The van der Waals surface area contributed by atoms with Crippen LogP contribution in [0.3, 0.4) is 0 Å². The minimum Gasteiger partial charge on any atom is -0.424 e. The van der Waals surface area contributed by atoms with Crippen LogP contribution in [-0.4, -0.2) is 24.8 Å². The summed E-state index contributed by atoms with van der Waals surface area (Å²) in [5.74, 6) is 2.13. The van der Waals surface area contributed by atoms with Gasteiger partial charge in [-0.1, -0.05) is 116 Å². The molecule has 0 amide bonds. The Labute approximate surface area is 222 Å². The first-order chi connectivity index (χ1) is 16.8. The van der Waals surface area contributed by atoms with Crippen molar-refractivity contribution in [3.63, 3.8) is 0 Å². The maximum absolute atomic E-state index is 12.6. The SMILES string of the molecule is CC(C)[C@@H](CC[C@H](C)[C@@]1(C)CC[C@@H](CO)C1(C)C)CC(C)(C)[Si](O)(c1ccccc1)c1ccccc1. The van der Waals surface area contributed by atoms with Crippen LogP contribution in [0.1, 0.15) is 87.5 Å². The summed E-state index contributed by atoms with van der Waals surface area (Å²) >= 11 is 0. The van der Waals surface area contributed by atoms with Gasteiger partial charge in [0.05, 0.1) is 0 Å². The molecule has 0 radical (unpaired) electrons.